The fraction of sp³-hybridized carbons (Fsp3) is 0.500. The molecule has 22 heavy (non-hydrogen) atoms. The summed E-state index contributed by atoms with van der Waals surface area (Å²) in [7, 11) is 3.22. The summed E-state index contributed by atoms with van der Waals surface area (Å²) in [5.74, 6) is 2.21. The molecule has 0 aliphatic carbocycles. The molecule has 0 saturated carbocycles. The molecule has 0 bridgehead atoms. The number of benzene rings is 1. The molecule has 0 N–H and O–H groups in total. The monoisotopic (exact) mass is 303 g/mol. The van der Waals surface area contributed by atoms with Crippen molar-refractivity contribution in [2.24, 2.45) is 5.92 Å². The average molecular weight is 303 g/mol. The number of likely N-dealkylation sites (tertiary alicyclic amines) is 1. The molecule has 0 atom stereocenters. The molecule has 4 heteroatoms. The maximum Gasteiger partial charge on any atom is 0.249 e. The number of hydrogen-bond donors (Lipinski definition) is 0. The van der Waals surface area contributed by atoms with Crippen LogP contribution in [0.25, 0.3) is 6.08 Å². The van der Waals surface area contributed by atoms with E-state index >= 15 is 0 Å². The molecule has 1 heterocycles. The summed E-state index contributed by atoms with van der Waals surface area (Å²) >= 11 is 0. The Bertz CT molecular complexity index is 557. The SMILES string of the molecule is COc1ccc(/C=C(\C)C(=O)N2CCC(C)CC2)cc1OC. The molecule has 1 aliphatic heterocycles. The number of amides is 1. The molecule has 1 aromatic carbocycles. The molecule has 2 rings (SSSR count). The summed E-state index contributed by atoms with van der Waals surface area (Å²) < 4.78 is 10.5. The Kier molecular flexibility index (Phi) is 5.47. The van der Waals surface area contributed by atoms with E-state index in [0.717, 1.165) is 43.0 Å². The van der Waals surface area contributed by atoms with Gasteiger partial charge in [0.1, 0.15) is 0 Å². The molecule has 0 unspecified atom stereocenters. The zero-order chi connectivity index (χ0) is 16.1. The minimum absolute atomic E-state index is 0.127. The molecule has 0 spiro atoms. The minimum atomic E-state index is 0.127. The van der Waals surface area contributed by atoms with E-state index in [1.165, 1.54) is 0 Å². The van der Waals surface area contributed by atoms with Crippen molar-refractivity contribution in [3.63, 3.8) is 0 Å². The van der Waals surface area contributed by atoms with Crippen LogP contribution in [0.1, 0.15) is 32.3 Å². The summed E-state index contributed by atoms with van der Waals surface area (Å²) in [6.07, 6.45) is 4.09. The molecule has 0 radical (unpaired) electrons. The zero-order valence-corrected chi connectivity index (χ0v) is 13.9. The van der Waals surface area contributed by atoms with Crippen molar-refractivity contribution in [1.82, 2.24) is 4.90 Å². The fourth-order valence-corrected chi connectivity index (χ4v) is 2.72. The normalized spacial score (nSPS) is 16.5. The van der Waals surface area contributed by atoms with Crippen LogP contribution in [0.15, 0.2) is 23.8 Å². The van der Waals surface area contributed by atoms with Gasteiger partial charge < -0.3 is 14.4 Å². The smallest absolute Gasteiger partial charge is 0.249 e. The predicted molar refractivity (Wildman–Crippen MR) is 88.2 cm³/mol. The number of hydrogen-bond acceptors (Lipinski definition) is 3. The van der Waals surface area contributed by atoms with Crippen LogP contribution >= 0.6 is 0 Å². The Morgan fingerprint density at radius 3 is 2.41 bits per heavy atom. The van der Waals surface area contributed by atoms with Crippen molar-refractivity contribution >= 4 is 12.0 Å². The Labute approximate surface area is 132 Å². The average Bonchev–Trinajstić information content (AvgIpc) is 2.54. The molecular weight excluding hydrogens is 278 g/mol. The quantitative estimate of drug-likeness (QED) is 0.801. The first-order valence-corrected chi connectivity index (χ1v) is 7.74. The van der Waals surface area contributed by atoms with Crippen LogP contribution in [-0.2, 0) is 4.79 Å². The highest BCUT2D eigenvalue weighted by Gasteiger charge is 2.21. The van der Waals surface area contributed by atoms with Crippen LogP contribution in [0, 0.1) is 5.92 Å². The van der Waals surface area contributed by atoms with E-state index in [9.17, 15) is 4.79 Å². The maximum absolute atomic E-state index is 12.5. The lowest BCUT2D eigenvalue weighted by molar-refractivity contribution is -0.128. The molecule has 0 aromatic heterocycles. The Balaban J connectivity index is 2.12. The highest BCUT2D eigenvalue weighted by molar-refractivity contribution is 5.97. The summed E-state index contributed by atoms with van der Waals surface area (Å²) in [5.41, 5.74) is 1.69. The van der Waals surface area contributed by atoms with Crippen LogP contribution in [0.3, 0.4) is 0 Å². The van der Waals surface area contributed by atoms with E-state index in [1.807, 2.05) is 36.1 Å². The van der Waals surface area contributed by atoms with Crippen LogP contribution in [0.4, 0.5) is 0 Å². The topological polar surface area (TPSA) is 38.8 Å². The molecule has 4 nitrogen and oxygen atoms in total. The molecule has 1 aromatic rings. The van der Waals surface area contributed by atoms with Gasteiger partial charge in [-0.1, -0.05) is 13.0 Å². The van der Waals surface area contributed by atoms with E-state index in [1.54, 1.807) is 14.2 Å². The van der Waals surface area contributed by atoms with Gasteiger partial charge in [-0.2, -0.15) is 0 Å². The number of ether oxygens (including phenoxy) is 2. The second-order valence-corrected chi connectivity index (χ2v) is 5.92. The van der Waals surface area contributed by atoms with Gasteiger partial charge in [0.25, 0.3) is 0 Å². The first-order valence-electron chi connectivity index (χ1n) is 7.74. The lowest BCUT2D eigenvalue weighted by atomic mass is 9.98. The van der Waals surface area contributed by atoms with Gasteiger partial charge in [0.15, 0.2) is 11.5 Å². The highest BCUT2D eigenvalue weighted by atomic mass is 16.5. The first kappa shape index (κ1) is 16.4. The second kappa shape index (κ2) is 7.34. The van der Waals surface area contributed by atoms with E-state index in [4.69, 9.17) is 9.47 Å². The number of nitrogens with zero attached hydrogens (tertiary/aromatic N) is 1. The number of carbonyl (C=O) groups excluding carboxylic acids is 1. The Hall–Kier alpha value is -1.97. The largest absolute Gasteiger partial charge is 0.493 e. The molecule has 1 fully saturated rings. The van der Waals surface area contributed by atoms with Crippen LogP contribution in [0.5, 0.6) is 11.5 Å². The highest BCUT2D eigenvalue weighted by Crippen LogP contribution is 2.28. The van der Waals surface area contributed by atoms with Gasteiger partial charge in [-0.25, -0.2) is 0 Å². The van der Waals surface area contributed by atoms with Gasteiger partial charge >= 0.3 is 0 Å². The van der Waals surface area contributed by atoms with Gasteiger partial charge in [0.2, 0.25) is 5.91 Å². The van der Waals surface area contributed by atoms with Crippen molar-refractivity contribution < 1.29 is 14.3 Å². The number of rotatable bonds is 4. The van der Waals surface area contributed by atoms with Gasteiger partial charge in [-0.05, 0) is 49.5 Å². The van der Waals surface area contributed by atoms with Crippen LogP contribution in [-0.4, -0.2) is 38.1 Å². The number of carbonyl (C=O) groups is 1. The maximum atomic E-state index is 12.5. The summed E-state index contributed by atoms with van der Waals surface area (Å²) in [5, 5.41) is 0. The van der Waals surface area contributed by atoms with E-state index in [-0.39, 0.29) is 5.91 Å². The number of methoxy groups -OCH3 is 2. The molecule has 1 saturated heterocycles. The second-order valence-electron chi connectivity index (χ2n) is 5.92. The lowest BCUT2D eigenvalue weighted by Gasteiger charge is -2.30. The van der Waals surface area contributed by atoms with Crippen molar-refractivity contribution in [3.05, 3.63) is 29.3 Å². The number of piperidine rings is 1. The lowest BCUT2D eigenvalue weighted by Crippen LogP contribution is -2.38. The van der Waals surface area contributed by atoms with Crippen molar-refractivity contribution in [1.29, 1.82) is 0 Å². The Morgan fingerprint density at radius 2 is 1.82 bits per heavy atom. The summed E-state index contributed by atoms with van der Waals surface area (Å²) in [4.78, 5) is 14.4. The van der Waals surface area contributed by atoms with E-state index in [2.05, 4.69) is 6.92 Å². The molecule has 120 valence electrons. The minimum Gasteiger partial charge on any atom is -0.493 e. The van der Waals surface area contributed by atoms with Crippen LogP contribution < -0.4 is 9.47 Å². The van der Waals surface area contributed by atoms with Crippen molar-refractivity contribution in [3.8, 4) is 11.5 Å². The van der Waals surface area contributed by atoms with Crippen molar-refractivity contribution in [2.45, 2.75) is 26.7 Å². The van der Waals surface area contributed by atoms with Crippen molar-refractivity contribution in [2.75, 3.05) is 27.3 Å². The van der Waals surface area contributed by atoms with E-state index in [0.29, 0.717) is 11.5 Å². The summed E-state index contributed by atoms with van der Waals surface area (Å²) in [6.45, 7) is 5.83. The Morgan fingerprint density at radius 1 is 1.18 bits per heavy atom. The predicted octanol–water partition coefficient (Wildman–Crippen LogP) is 3.37. The van der Waals surface area contributed by atoms with Gasteiger partial charge in [0.05, 0.1) is 14.2 Å². The molecule has 1 aliphatic rings. The van der Waals surface area contributed by atoms with E-state index < -0.39 is 0 Å². The van der Waals surface area contributed by atoms with Gasteiger partial charge in [-0.3, -0.25) is 4.79 Å². The fourth-order valence-electron chi connectivity index (χ4n) is 2.72. The first-order chi connectivity index (χ1) is 10.5. The van der Waals surface area contributed by atoms with Crippen LogP contribution in [0.2, 0.25) is 0 Å². The third kappa shape index (κ3) is 3.81. The molecular formula is C18H25NO3. The molecule has 1 amide bonds. The summed E-state index contributed by atoms with van der Waals surface area (Å²) in [6, 6.07) is 5.66. The third-order valence-electron chi connectivity index (χ3n) is 4.20. The zero-order valence-electron chi connectivity index (χ0n) is 13.9. The third-order valence-corrected chi connectivity index (χ3v) is 4.20. The van der Waals surface area contributed by atoms with Gasteiger partial charge in [-0.15, -0.1) is 0 Å². The standard InChI is InChI=1S/C18H25NO3/c1-13-7-9-19(10-8-13)18(20)14(2)11-15-5-6-16(21-3)17(12-15)22-4/h5-6,11-13H,7-10H2,1-4H3/b14-11+. The van der Waals surface area contributed by atoms with Gasteiger partial charge in [0, 0.05) is 18.7 Å².